The number of hydrogen-bond donors (Lipinski definition) is 1. The van der Waals surface area contributed by atoms with Gasteiger partial charge in [0.05, 0.1) is 7.11 Å². The molecule has 176 valence electrons. The third kappa shape index (κ3) is 4.27. The number of H-pyrrole nitrogens is 1. The Morgan fingerprint density at radius 1 is 1.15 bits per heavy atom. The first-order valence-electron chi connectivity index (χ1n) is 10.3. The monoisotopic (exact) mass is 550 g/mol. The van der Waals surface area contributed by atoms with Crippen molar-refractivity contribution in [2.75, 3.05) is 13.7 Å². The van der Waals surface area contributed by atoms with Crippen molar-refractivity contribution in [1.82, 2.24) is 9.88 Å². The summed E-state index contributed by atoms with van der Waals surface area (Å²) >= 11 is 5.03. The number of carbonyl (C=O) groups is 1. The fourth-order valence-electron chi connectivity index (χ4n) is 4.35. The number of aromatic nitrogens is 1. The van der Waals surface area contributed by atoms with Crippen molar-refractivity contribution in [2.24, 2.45) is 0 Å². The van der Waals surface area contributed by atoms with E-state index in [1.54, 1.807) is 12.0 Å². The summed E-state index contributed by atoms with van der Waals surface area (Å²) in [5.74, 6) is 0.118. The van der Waals surface area contributed by atoms with Crippen LogP contribution in [0.5, 0.6) is 11.5 Å². The number of rotatable bonds is 4. The van der Waals surface area contributed by atoms with E-state index in [4.69, 9.17) is 4.74 Å². The Kier molecular flexibility index (Phi) is 5.81. The van der Waals surface area contributed by atoms with E-state index in [1.165, 1.54) is 23.5 Å². The van der Waals surface area contributed by atoms with Gasteiger partial charge in [-0.3, -0.25) is 4.79 Å². The summed E-state index contributed by atoms with van der Waals surface area (Å²) in [5.41, 5.74) is 3.29. The van der Waals surface area contributed by atoms with E-state index >= 15 is 0 Å². The topological polar surface area (TPSA) is 54.6 Å². The summed E-state index contributed by atoms with van der Waals surface area (Å²) in [6.07, 6.45) is -4.16. The van der Waals surface area contributed by atoms with Crippen LogP contribution in [-0.4, -0.2) is 35.8 Å². The van der Waals surface area contributed by atoms with Crippen LogP contribution in [0.3, 0.4) is 0 Å². The fraction of sp³-hybridized carbons (Fsp3) is 0.208. The number of aromatic amines is 1. The van der Waals surface area contributed by atoms with Crippen molar-refractivity contribution in [1.29, 1.82) is 0 Å². The molecule has 0 aliphatic carbocycles. The first-order valence-corrected chi connectivity index (χ1v) is 12.0. The van der Waals surface area contributed by atoms with Gasteiger partial charge in [0.15, 0.2) is 0 Å². The first kappa shape index (κ1) is 22.8. The lowest BCUT2D eigenvalue weighted by atomic mass is 9.95. The number of alkyl halides is 3. The Labute approximate surface area is 205 Å². The molecule has 10 heteroatoms. The van der Waals surface area contributed by atoms with Crippen molar-refractivity contribution in [3.63, 3.8) is 0 Å². The Morgan fingerprint density at radius 2 is 1.88 bits per heavy atom. The van der Waals surface area contributed by atoms with Gasteiger partial charge in [0.1, 0.15) is 17.5 Å². The maximum absolute atomic E-state index is 13.5. The van der Waals surface area contributed by atoms with Gasteiger partial charge >= 0.3 is 6.36 Å². The zero-order valence-corrected chi connectivity index (χ0v) is 20.2. The molecular formula is C24H18BrF3N2O3S. The molecule has 1 unspecified atom stereocenters. The normalized spacial score (nSPS) is 15.9. The Balaban J connectivity index is 1.54. The second-order valence-electron chi connectivity index (χ2n) is 7.82. The average Bonchev–Trinajstić information content (AvgIpc) is 3.40. The molecule has 0 bridgehead atoms. The molecule has 5 nitrogen and oxygen atoms in total. The van der Waals surface area contributed by atoms with Gasteiger partial charge in [0.2, 0.25) is 0 Å². The summed E-state index contributed by atoms with van der Waals surface area (Å²) in [4.78, 5) is 19.8. The second-order valence-corrected chi connectivity index (χ2v) is 9.68. The number of amides is 1. The first-order chi connectivity index (χ1) is 16.2. The molecule has 5 rings (SSSR count). The number of thiophene rings is 1. The minimum Gasteiger partial charge on any atom is -0.497 e. The number of ether oxygens (including phenoxy) is 2. The number of nitrogens with zero attached hydrogens (tertiary/aromatic N) is 1. The van der Waals surface area contributed by atoms with Crippen LogP contribution < -0.4 is 9.47 Å². The van der Waals surface area contributed by atoms with Crippen molar-refractivity contribution in [3.8, 4) is 11.5 Å². The molecule has 0 fully saturated rings. The molecule has 0 spiro atoms. The number of halogens is 4. The third-order valence-electron chi connectivity index (χ3n) is 5.79. The van der Waals surface area contributed by atoms with Crippen LogP contribution in [0.25, 0.3) is 10.9 Å². The highest BCUT2D eigenvalue weighted by Gasteiger charge is 2.36. The standard InChI is InChI=1S/C24H18BrF3N2O3S/c1-32-16-6-7-19-18(11-16)17-8-9-30(22(21(17)29-19)20-10-14(25)12-34-20)23(31)13-2-4-15(5-3-13)33-24(26,27)28/h2-7,10-12,22,29H,8-9H2,1H3. The highest BCUT2D eigenvalue weighted by Crippen LogP contribution is 2.42. The van der Waals surface area contributed by atoms with Crippen LogP contribution in [0, 0.1) is 0 Å². The number of hydrogen-bond acceptors (Lipinski definition) is 4. The van der Waals surface area contributed by atoms with E-state index in [9.17, 15) is 18.0 Å². The van der Waals surface area contributed by atoms with Gasteiger partial charge in [0.25, 0.3) is 5.91 Å². The zero-order chi connectivity index (χ0) is 24.0. The van der Waals surface area contributed by atoms with Crippen molar-refractivity contribution < 1.29 is 27.4 Å². The predicted octanol–water partition coefficient (Wildman–Crippen LogP) is 6.69. The summed E-state index contributed by atoms with van der Waals surface area (Å²) < 4.78 is 47.7. The van der Waals surface area contributed by atoms with Crippen LogP contribution in [0.1, 0.15) is 32.5 Å². The number of nitrogens with one attached hydrogen (secondary N) is 1. The maximum Gasteiger partial charge on any atom is 0.573 e. The molecule has 1 N–H and O–H groups in total. The van der Waals surface area contributed by atoms with Gasteiger partial charge in [-0.25, -0.2) is 0 Å². The van der Waals surface area contributed by atoms with Crippen LogP contribution in [0.2, 0.25) is 0 Å². The lowest BCUT2D eigenvalue weighted by molar-refractivity contribution is -0.274. The maximum atomic E-state index is 13.5. The van der Waals surface area contributed by atoms with Crippen molar-refractivity contribution in [3.05, 3.63) is 80.1 Å². The molecule has 4 aromatic rings. The van der Waals surface area contributed by atoms with Gasteiger partial charge < -0.3 is 19.4 Å². The Hall–Kier alpha value is -2.98. The molecule has 1 aliphatic rings. The summed E-state index contributed by atoms with van der Waals surface area (Å²) in [7, 11) is 1.62. The molecule has 1 aliphatic heterocycles. The van der Waals surface area contributed by atoms with Gasteiger partial charge in [-0.1, -0.05) is 0 Å². The van der Waals surface area contributed by atoms with E-state index in [1.807, 2.05) is 29.6 Å². The number of benzene rings is 2. The minimum absolute atomic E-state index is 0.269. The molecule has 0 saturated carbocycles. The van der Waals surface area contributed by atoms with Crippen LogP contribution in [-0.2, 0) is 6.42 Å². The molecule has 2 aromatic carbocycles. The van der Waals surface area contributed by atoms with E-state index in [2.05, 4.69) is 25.7 Å². The summed E-state index contributed by atoms with van der Waals surface area (Å²) in [6.45, 7) is 0.455. The predicted molar refractivity (Wildman–Crippen MR) is 127 cm³/mol. The molecule has 0 saturated heterocycles. The fourth-order valence-corrected chi connectivity index (χ4v) is 5.91. The van der Waals surface area contributed by atoms with Crippen molar-refractivity contribution in [2.45, 2.75) is 18.8 Å². The smallest absolute Gasteiger partial charge is 0.497 e. The minimum atomic E-state index is -4.79. The molecule has 3 heterocycles. The molecular weight excluding hydrogens is 533 g/mol. The van der Waals surface area contributed by atoms with Crippen LogP contribution in [0.4, 0.5) is 13.2 Å². The van der Waals surface area contributed by atoms with Gasteiger partial charge in [0, 0.05) is 43.4 Å². The van der Waals surface area contributed by atoms with E-state index in [0.717, 1.165) is 49.4 Å². The van der Waals surface area contributed by atoms with Crippen LogP contribution >= 0.6 is 27.3 Å². The Morgan fingerprint density at radius 3 is 2.53 bits per heavy atom. The molecule has 1 amide bonds. The highest BCUT2D eigenvalue weighted by atomic mass is 79.9. The molecule has 34 heavy (non-hydrogen) atoms. The van der Waals surface area contributed by atoms with Gasteiger partial charge in [-0.15, -0.1) is 24.5 Å². The number of carbonyl (C=O) groups excluding carboxylic acids is 1. The molecule has 1 atom stereocenters. The molecule has 0 radical (unpaired) electrons. The summed E-state index contributed by atoms with van der Waals surface area (Å²) in [6, 6.07) is 12.5. The van der Waals surface area contributed by atoms with E-state index in [-0.39, 0.29) is 23.3 Å². The zero-order valence-electron chi connectivity index (χ0n) is 17.8. The highest BCUT2D eigenvalue weighted by molar-refractivity contribution is 9.10. The summed E-state index contributed by atoms with van der Waals surface area (Å²) in [5, 5.41) is 3.01. The Bertz CT molecular complexity index is 1360. The van der Waals surface area contributed by atoms with E-state index in [0.29, 0.717) is 13.0 Å². The second kappa shape index (κ2) is 8.66. The SMILES string of the molecule is COc1ccc2[nH]c3c(c2c1)CCN(C(=O)c1ccc(OC(F)(F)F)cc1)C3c1cc(Br)cs1. The van der Waals surface area contributed by atoms with Gasteiger partial charge in [-0.2, -0.15) is 0 Å². The van der Waals surface area contributed by atoms with Crippen LogP contribution in [0.15, 0.2) is 58.4 Å². The quantitative estimate of drug-likeness (QED) is 0.308. The largest absolute Gasteiger partial charge is 0.573 e. The number of methoxy groups -OCH3 is 1. The van der Waals surface area contributed by atoms with Gasteiger partial charge in [-0.05, 0) is 76.4 Å². The lowest BCUT2D eigenvalue weighted by Crippen LogP contribution is -2.40. The van der Waals surface area contributed by atoms with Crippen molar-refractivity contribution >= 4 is 44.1 Å². The average molecular weight is 551 g/mol. The third-order valence-corrected chi connectivity index (χ3v) is 7.53. The van der Waals surface area contributed by atoms with E-state index < -0.39 is 6.36 Å². The molecule has 2 aromatic heterocycles. The lowest BCUT2D eigenvalue weighted by Gasteiger charge is -2.35. The number of fused-ring (bicyclic) bond motifs is 3.